The van der Waals surface area contributed by atoms with Gasteiger partial charge in [0.05, 0.1) is 5.56 Å². The standard InChI is InChI=1S/C20H22O2/c1-15-7-9-16(10-8-15)17-11-13-19(14-12-17)22-20(21)18-5-3-2-4-6-18/h2-6,11-16H,7-10H2,1H3. The molecule has 0 amide bonds. The Morgan fingerprint density at radius 2 is 1.55 bits per heavy atom. The smallest absolute Gasteiger partial charge is 0.343 e. The Kier molecular flexibility index (Phi) is 4.57. The number of hydrogen-bond donors (Lipinski definition) is 0. The van der Waals surface area contributed by atoms with E-state index in [0.29, 0.717) is 17.2 Å². The van der Waals surface area contributed by atoms with Gasteiger partial charge in [0.2, 0.25) is 0 Å². The fraction of sp³-hybridized carbons (Fsp3) is 0.350. The quantitative estimate of drug-likeness (QED) is 0.574. The van der Waals surface area contributed by atoms with E-state index in [9.17, 15) is 4.79 Å². The lowest BCUT2D eigenvalue weighted by molar-refractivity contribution is 0.0734. The van der Waals surface area contributed by atoms with Gasteiger partial charge in [0.15, 0.2) is 0 Å². The Morgan fingerprint density at radius 3 is 2.18 bits per heavy atom. The van der Waals surface area contributed by atoms with E-state index in [1.165, 1.54) is 31.2 Å². The molecular formula is C20H22O2. The van der Waals surface area contributed by atoms with Gasteiger partial charge in [0.1, 0.15) is 5.75 Å². The summed E-state index contributed by atoms with van der Waals surface area (Å²) in [5, 5.41) is 0. The van der Waals surface area contributed by atoms with Gasteiger partial charge in [0, 0.05) is 0 Å². The summed E-state index contributed by atoms with van der Waals surface area (Å²) in [6, 6.07) is 17.1. The van der Waals surface area contributed by atoms with E-state index in [2.05, 4.69) is 19.1 Å². The highest BCUT2D eigenvalue weighted by Crippen LogP contribution is 2.35. The summed E-state index contributed by atoms with van der Waals surface area (Å²) in [7, 11) is 0. The van der Waals surface area contributed by atoms with Crippen LogP contribution >= 0.6 is 0 Å². The van der Waals surface area contributed by atoms with Gasteiger partial charge in [-0.2, -0.15) is 0 Å². The number of carbonyl (C=O) groups excluding carboxylic acids is 1. The summed E-state index contributed by atoms with van der Waals surface area (Å²) < 4.78 is 5.42. The van der Waals surface area contributed by atoms with E-state index in [-0.39, 0.29) is 5.97 Å². The zero-order chi connectivity index (χ0) is 15.4. The molecule has 0 atom stereocenters. The minimum absolute atomic E-state index is 0.306. The van der Waals surface area contributed by atoms with Crippen LogP contribution in [0.1, 0.15) is 54.4 Å². The molecule has 1 aliphatic carbocycles. The van der Waals surface area contributed by atoms with Gasteiger partial charge in [0.25, 0.3) is 0 Å². The summed E-state index contributed by atoms with van der Waals surface area (Å²) in [6.45, 7) is 2.34. The third-order valence-corrected chi connectivity index (χ3v) is 4.59. The molecule has 2 heteroatoms. The average Bonchev–Trinajstić information content (AvgIpc) is 2.57. The van der Waals surface area contributed by atoms with Crippen LogP contribution < -0.4 is 4.74 Å². The van der Waals surface area contributed by atoms with Crippen molar-refractivity contribution in [1.82, 2.24) is 0 Å². The van der Waals surface area contributed by atoms with E-state index in [1.54, 1.807) is 12.1 Å². The lowest BCUT2D eigenvalue weighted by atomic mass is 9.79. The molecule has 0 N–H and O–H groups in total. The van der Waals surface area contributed by atoms with Crippen LogP contribution in [0, 0.1) is 5.92 Å². The largest absolute Gasteiger partial charge is 0.423 e. The maximum absolute atomic E-state index is 12.0. The molecule has 0 spiro atoms. The van der Waals surface area contributed by atoms with Crippen LogP contribution in [0.15, 0.2) is 54.6 Å². The first kappa shape index (κ1) is 14.8. The summed E-state index contributed by atoms with van der Waals surface area (Å²) in [5.41, 5.74) is 1.94. The molecule has 2 aromatic carbocycles. The molecular weight excluding hydrogens is 272 g/mol. The van der Waals surface area contributed by atoms with E-state index in [0.717, 1.165) is 5.92 Å². The molecule has 22 heavy (non-hydrogen) atoms. The van der Waals surface area contributed by atoms with Crippen LogP contribution in [-0.4, -0.2) is 5.97 Å². The molecule has 2 nitrogen and oxygen atoms in total. The average molecular weight is 294 g/mol. The summed E-state index contributed by atoms with van der Waals surface area (Å²) >= 11 is 0. The van der Waals surface area contributed by atoms with Crippen molar-refractivity contribution in [3.8, 4) is 5.75 Å². The van der Waals surface area contributed by atoms with Gasteiger partial charge < -0.3 is 4.74 Å². The van der Waals surface area contributed by atoms with Gasteiger partial charge >= 0.3 is 5.97 Å². The van der Waals surface area contributed by atoms with Crippen molar-refractivity contribution in [1.29, 1.82) is 0 Å². The van der Waals surface area contributed by atoms with E-state index in [1.807, 2.05) is 30.3 Å². The predicted octanol–water partition coefficient (Wildman–Crippen LogP) is 5.20. The van der Waals surface area contributed by atoms with Crippen molar-refractivity contribution in [3.05, 3.63) is 65.7 Å². The number of hydrogen-bond acceptors (Lipinski definition) is 2. The zero-order valence-electron chi connectivity index (χ0n) is 13.0. The fourth-order valence-corrected chi connectivity index (χ4v) is 3.14. The zero-order valence-corrected chi connectivity index (χ0v) is 13.0. The van der Waals surface area contributed by atoms with Crippen molar-refractivity contribution in [2.75, 3.05) is 0 Å². The minimum atomic E-state index is -0.306. The van der Waals surface area contributed by atoms with E-state index < -0.39 is 0 Å². The van der Waals surface area contributed by atoms with E-state index in [4.69, 9.17) is 4.74 Å². The highest BCUT2D eigenvalue weighted by Gasteiger charge is 2.19. The van der Waals surface area contributed by atoms with Crippen LogP contribution in [0.4, 0.5) is 0 Å². The summed E-state index contributed by atoms with van der Waals surface area (Å²) in [4.78, 5) is 12.0. The van der Waals surface area contributed by atoms with E-state index >= 15 is 0 Å². The monoisotopic (exact) mass is 294 g/mol. The van der Waals surface area contributed by atoms with Gasteiger partial charge in [-0.3, -0.25) is 0 Å². The third-order valence-electron chi connectivity index (χ3n) is 4.59. The van der Waals surface area contributed by atoms with Gasteiger partial charge in [-0.15, -0.1) is 0 Å². The number of rotatable bonds is 3. The Morgan fingerprint density at radius 1 is 0.909 bits per heavy atom. The molecule has 0 heterocycles. The molecule has 0 bridgehead atoms. The number of ether oxygens (including phenoxy) is 1. The second-order valence-corrected chi connectivity index (χ2v) is 6.28. The topological polar surface area (TPSA) is 26.3 Å². The van der Waals surface area contributed by atoms with Crippen molar-refractivity contribution in [3.63, 3.8) is 0 Å². The van der Waals surface area contributed by atoms with Gasteiger partial charge in [-0.25, -0.2) is 4.79 Å². The molecule has 114 valence electrons. The highest BCUT2D eigenvalue weighted by molar-refractivity contribution is 5.90. The van der Waals surface area contributed by atoms with Crippen molar-refractivity contribution in [2.24, 2.45) is 5.92 Å². The highest BCUT2D eigenvalue weighted by atomic mass is 16.5. The lowest BCUT2D eigenvalue weighted by Crippen LogP contribution is -2.11. The minimum Gasteiger partial charge on any atom is -0.423 e. The number of esters is 1. The Balaban J connectivity index is 1.63. The Hall–Kier alpha value is -2.09. The van der Waals surface area contributed by atoms with Gasteiger partial charge in [-0.05, 0) is 54.5 Å². The summed E-state index contributed by atoms with van der Waals surface area (Å²) in [5.74, 6) is 1.83. The first-order valence-electron chi connectivity index (χ1n) is 8.09. The Labute approximate surface area is 132 Å². The second kappa shape index (κ2) is 6.78. The van der Waals surface area contributed by atoms with Crippen molar-refractivity contribution < 1.29 is 9.53 Å². The summed E-state index contributed by atoms with van der Waals surface area (Å²) in [6.07, 6.45) is 5.17. The first-order valence-corrected chi connectivity index (χ1v) is 8.09. The van der Waals surface area contributed by atoms with Crippen LogP contribution in [0.3, 0.4) is 0 Å². The second-order valence-electron chi connectivity index (χ2n) is 6.28. The normalized spacial score (nSPS) is 21.3. The molecule has 0 unspecified atom stereocenters. The maximum atomic E-state index is 12.0. The van der Waals surface area contributed by atoms with Crippen LogP contribution in [0.2, 0.25) is 0 Å². The third kappa shape index (κ3) is 3.56. The maximum Gasteiger partial charge on any atom is 0.343 e. The number of benzene rings is 2. The number of carbonyl (C=O) groups is 1. The van der Waals surface area contributed by atoms with Crippen LogP contribution in [-0.2, 0) is 0 Å². The van der Waals surface area contributed by atoms with Gasteiger partial charge in [-0.1, -0.05) is 50.1 Å². The molecule has 2 aromatic rings. The van der Waals surface area contributed by atoms with Crippen LogP contribution in [0.5, 0.6) is 5.75 Å². The van der Waals surface area contributed by atoms with Crippen molar-refractivity contribution in [2.45, 2.75) is 38.5 Å². The molecule has 1 fully saturated rings. The molecule has 3 rings (SSSR count). The molecule has 0 aliphatic heterocycles. The molecule has 1 aliphatic rings. The predicted molar refractivity (Wildman–Crippen MR) is 88.2 cm³/mol. The lowest BCUT2D eigenvalue weighted by Gasteiger charge is -2.26. The molecule has 0 saturated heterocycles. The van der Waals surface area contributed by atoms with Crippen LogP contribution in [0.25, 0.3) is 0 Å². The fourth-order valence-electron chi connectivity index (χ4n) is 3.14. The Bertz CT molecular complexity index is 608. The SMILES string of the molecule is CC1CCC(c2ccc(OC(=O)c3ccccc3)cc2)CC1. The molecule has 1 saturated carbocycles. The molecule has 0 radical (unpaired) electrons. The van der Waals surface area contributed by atoms with Crippen molar-refractivity contribution >= 4 is 5.97 Å². The first-order chi connectivity index (χ1) is 10.7. The molecule has 0 aromatic heterocycles.